The lowest BCUT2D eigenvalue weighted by atomic mass is 9.77. The molecule has 1 N–H and O–H groups in total. The minimum Gasteiger partial charge on any atom is -0.467 e. The molecule has 1 unspecified atom stereocenters. The number of rotatable bonds is 13. The minimum absolute atomic E-state index is 0.105. The Bertz CT molecular complexity index is 1610. The number of thioether (sulfide) groups is 1. The monoisotopic (exact) mass is 680 g/mol. The molecule has 1 fully saturated rings. The van der Waals surface area contributed by atoms with E-state index >= 15 is 0 Å². The Kier molecular flexibility index (Phi) is 12.7. The van der Waals surface area contributed by atoms with E-state index in [-0.39, 0.29) is 23.3 Å². The van der Waals surface area contributed by atoms with Crippen molar-refractivity contribution in [2.75, 3.05) is 32.2 Å². The summed E-state index contributed by atoms with van der Waals surface area (Å²) in [6.45, 7) is 9.72. The van der Waals surface area contributed by atoms with Crippen LogP contribution in [0.5, 0.6) is 0 Å². The molecule has 0 radical (unpaired) electrons. The normalized spacial score (nSPS) is 16.0. The highest BCUT2D eigenvalue weighted by Crippen LogP contribution is 2.37. The maximum Gasteiger partial charge on any atom is 0.328 e. The molecule has 3 aromatic rings. The van der Waals surface area contributed by atoms with Gasteiger partial charge in [0, 0.05) is 18.7 Å². The number of piperidine rings is 1. The topological polar surface area (TPSA) is 102 Å². The van der Waals surface area contributed by atoms with E-state index < -0.39 is 22.0 Å². The number of nitrogens with one attached hydrogen (secondary N) is 1. The van der Waals surface area contributed by atoms with Crippen LogP contribution in [0.4, 0.5) is 0 Å². The number of hydrogen-bond acceptors (Lipinski definition) is 7. The molecule has 0 spiro atoms. The lowest BCUT2D eigenvalue weighted by molar-refractivity contribution is -0.142. The smallest absolute Gasteiger partial charge is 0.328 e. The van der Waals surface area contributed by atoms with E-state index in [0.29, 0.717) is 55.2 Å². The summed E-state index contributed by atoms with van der Waals surface area (Å²) in [6, 6.07) is 21.5. The van der Waals surface area contributed by atoms with Crippen LogP contribution < -0.4 is 5.32 Å². The summed E-state index contributed by atoms with van der Waals surface area (Å²) in [7, 11) is -2.21. The van der Waals surface area contributed by atoms with Gasteiger partial charge in [0.1, 0.15) is 6.04 Å². The molecule has 2 atom stereocenters. The average Bonchev–Trinajstić information content (AvgIpc) is 3.06. The number of benzene rings is 3. The van der Waals surface area contributed by atoms with E-state index in [9.17, 15) is 18.0 Å². The van der Waals surface area contributed by atoms with Gasteiger partial charge in [-0.15, -0.1) is 0 Å². The number of nitrogens with zero attached hydrogens (tertiary/aromatic N) is 1. The number of amides is 1. The molecule has 0 bridgehead atoms. The zero-order chi connectivity index (χ0) is 34.2. The van der Waals surface area contributed by atoms with Crippen molar-refractivity contribution in [2.24, 2.45) is 11.3 Å². The first-order valence-electron chi connectivity index (χ1n) is 16.1. The number of ether oxygens (including phenoxy) is 2. The number of esters is 1. The maximum absolute atomic E-state index is 13.6. The third kappa shape index (κ3) is 9.25. The van der Waals surface area contributed by atoms with Crippen molar-refractivity contribution in [3.63, 3.8) is 0 Å². The largest absolute Gasteiger partial charge is 0.467 e. The number of methoxy groups -OCH3 is 1. The van der Waals surface area contributed by atoms with Crippen molar-refractivity contribution in [1.82, 2.24) is 9.62 Å². The molecule has 3 aromatic carbocycles. The molecule has 1 amide bonds. The van der Waals surface area contributed by atoms with Crippen molar-refractivity contribution < 1.29 is 27.5 Å². The van der Waals surface area contributed by atoms with Gasteiger partial charge in [-0.05, 0) is 96.0 Å². The van der Waals surface area contributed by atoms with Crippen LogP contribution in [0.3, 0.4) is 0 Å². The Labute approximate surface area is 284 Å². The van der Waals surface area contributed by atoms with Crippen LogP contribution in [-0.2, 0) is 30.9 Å². The molecule has 1 saturated heterocycles. The van der Waals surface area contributed by atoms with Crippen molar-refractivity contribution in [3.05, 3.63) is 89.5 Å². The van der Waals surface area contributed by atoms with Gasteiger partial charge in [0.2, 0.25) is 10.0 Å². The number of carbonyl (C=O) groups is 2. The van der Waals surface area contributed by atoms with Gasteiger partial charge in [-0.25, -0.2) is 13.2 Å². The van der Waals surface area contributed by atoms with E-state index in [0.717, 1.165) is 22.3 Å². The van der Waals surface area contributed by atoms with E-state index in [1.54, 1.807) is 46.4 Å². The summed E-state index contributed by atoms with van der Waals surface area (Å²) in [4.78, 5) is 26.4. The van der Waals surface area contributed by atoms with Crippen molar-refractivity contribution >= 4 is 33.7 Å². The molecule has 1 aliphatic rings. The summed E-state index contributed by atoms with van der Waals surface area (Å²) < 4.78 is 39.7. The van der Waals surface area contributed by atoms with Crippen LogP contribution in [0.25, 0.3) is 11.1 Å². The van der Waals surface area contributed by atoms with E-state index in [4.69, 9.17) is 9.47 Å². The fourth-order valence-electron chi connectivity index (χ4n) is 6.28. The van der Waals surface area contributed by atoms with Gasteiger partial charge in [0.05, 0.1) is 24.7 Å². The van der Waals surface area contributed by atoms with Gasteiger partial charge in [-0.2, -0.15) is 16.1 Å². The molecule has 0 saturated carbocycles. The Hall–Kier alpha value is -3.18. The SMILES string of the molecule is COC(=O)[C@H](CCSC)NC(=O)c1ccc(COC(C2CCN(S(=O)(=O)c3ccccc3)CC2)C(C)(C)C)cc1-c1ccccc1C. The molecule has 0 aliphatic carbocycles. The first kappa shape index (κ1) is 36.7. The Morgan fingerprint density at radius 2 is 1.64 bits per heavy atom. The first-order valence-corrected chi connectivity index (χ1v) is 18.9. The van der Waals surface area contributed by atoms with Gasteiger partial charge in [0.25, 0.3) is 5.91 Å². The predicted octanol–water partition coefficient (Wildman–Crippen LogP) is 6.72. The van der Waals surface area contributed by atoms with E-state index in [1.807, 2.05) is 55.6 Å². The molecule has 1 aliphatic heterocycles. The third-order valence-electron chi connectivity index (χ3n) is 8.76. The fraction of sp³-hybridized carbons (Fsp3) is 0.459. The second-order valence-corrected chi connectivity index (χ2v) is 16.1. The Balaban J connectivity index is 1.54. The van der Waals surface area contributed by atoms with Gasteiger partial charge < -0.3 is 14.8 Å². The summed E-state index contributed by atoms with van der Waals surface area (Å²) >= 11 is 1.60. The van der Waals surface area contributed by atoms with Gasteiger partial charge in [-0.3, -0.25) is 4.79 Å². The summed E-state index contributed by atoms with van der Waals surface area (Å²) in [6.07, 6.45) is 3.73. The van der Waals surface area contributed by atoms with E-state index in [1.165, 1.54) is 7.11 Å². The average molecular weight is 681 g/mol. The fourth-order valence-corrected chi connectivity index (χ4v) is 8.24. The zero-order valence-corrected chi connectivity index (χ0v) is 30.0. The van der Waals surface area contributed by atoms with Crippen LogP contribution in [0.15, 0.2) is 77.7 Å². The van der Waals surface area contributed by atoms with Crippen molar-refractivity contribution in [3.8, 4) is 11.1 Å². The second kappa shape index (κ2) is 16.3. The summed E-state index contributed by atoms with van der Waals surface area (Å²) in [5, 5.41) is 2.90. The molecular weight excluding hydrogens is 633 g/mol. The van der Waals surface area contributed by atoms with Crippen LogP contribution >= 0.6 is 11.8 Å². The highest BCUT2D eigenvalue weighted by atomic mass is 32.2. The Morgan fingerprint density at radius 3 is 2.26 bits per heavy atom. The summed E-state index contributed by atoms with van der Waals surface area (Å²) in [5.41, 5.74) is 3.94. The molecule has 254 valence electrons. The lowest BCUT2D eigenvalue weighted by Crippen LogP contribution is -2.45. The molecule has 47 heavy (non-hydrogen) atoms. The molecular formula is C37H48N2O6S2. The van der Waals surface area contributed by atoms with E-state index in [2.05, 4.69) is 26.1 Å². The standard InChI is InChI=1S/C37H48N2O6S2/c1-26-12-10-11-15-30(26)32-24-27(16-17-31(32)35(40)38-33(20-23-46-6)36(41)44-5)25-45-34(37(2,3)4)28-18-21-39(22-19-28)47(42,43)29-13-8-7-9-14-29/h7-17,24,28,33-34H,18-23,25H2,1-6H3,(H,38,40)/t33-,34?/m0/s1. The minimum atomic E-state index is -3.53. The predicted molar refractivity (Wildman–Crippen MR) is 189 cm³/mol. The maximum atomic E-state index is 13.6. The van der Waals surface area contributed by atoms with Crippen molar-refractivity contribution in [2.45, 2.75) is 70.6 Å². The Morgan fingerprint density at radius 1 is 0.979 bits per heavy atom. The second-order valence-electron chi connectivity index (χ2n) is 13.2. The first-order chi connectivity index (χ1) is 22.4. The van der Waals surface area contributed by atoms with Crippen molar-refractivity contribution in [1.29, 1.82) is 0 Å². The molecule has 1 heterocycles. The zero-order valence-electron chi connectivity index (χ0n) is 28.3. The van der Waals surface area contributed by atoms with Crippen LogP contribution in [0.2, 0.25) is 0 Å². The van der Waals surface area contributed by atoms with Crippen LogP contribution in [-0.4, -0.2) is 69.0 Å². The summed E-state index contributed by atoms with van der Waals surface area (Å²) in [5.74, 6) is 0.0934. The molecule has 4 rings (SSSR count). The van der Waals surface area contributed by atoms with Crippen LogP contribution in [0.1, 0.15) is 61.5 Å². The number of sulfonamides is 1. The highest BCUT2D eigenvalue weighted by Gasteiger charge is 2.38. The molecule has 0 aromatic heterocycles. The van der Waals surface area contributed by atoms with Gasteiger partial charge in [0.15, 0.2) is 0 Å². The third-order valence-corrected chi connectivity index (χ3v) is 11.3. The lowest BCUT2D eigenvalue weighted by Gasteiger charge is -2.41. The van der Waals surface area contributed by atoms with Gasteiger partial charge in [-0.1, -0.05) is 69.3 Å². The van der Waals surface area contributed by atoms with Crippen LogP contribution in [0, 0.1) is 18.3 Å². The highest BCUT2D eigenvalue weighted by molar-refractivity contribution is 7.98. The number of hydrogen-bond donors (Lipinski definition) is 1. The quantitative estimate of drug-likeness (QED) is 0.200. The number of aryl methyl sites for hydroxylation is 1. The number of carbonyl (C=O) groups excluding carboxylic acids is 2. The van der Waals surface area contributed by atoms with Gasteiger partial charge >= 0.3 is 5.97 Å². The molecule has 10 heteroatoms. The molecule has 8 nitrogen and oxygen atoms in total.